The van der Waals surface area contributed by atoms with Gasteiger partial charge in [0.05, 0.1) is 11.6 Å². The number of amides is 1. The van der Waals surface area contributed by atoms with Gasteiger partial charge in [-0.2, -0.15) is 0 Å². The standard InChI is InChI=1S/C23H25BrN2O3/c1-14-8-9-15(2)18(12-14)21(27)19-20(16-6-5-7-17(24)13-16)26(11-10-25(3)4)23(29)22(19)28/h5-9,12-13,20,27H,10-11H2,1-4H3. The first-order chi connectivity index (χ1) is 13.7. The summed E-state index contributed by atoms with van der Waals surface area (Å²) in [4.78, 5) is 29.4. The highest BCUT2D eigenvalue weighted by atomic mass is 79.9. The molecule has 6 heteroatoms. The van der Waals surface area contributed by atoms with Gasteiger partial charge in [0, 0.05) is 23.1 Å². The highest BCUT2D eigenvalue weighted by Gasteiger charge is 2.46. The van der Waals surface area contributed by atoms with Crippen molar-refractivity contribution in [1.29, 1.82) is 0 Å². The summed E-state index contributed by atoms with van der Waals surface area (Å²) in [5.41, 5.74) is 3.32. The molecule has 1 unspecified atom stereocenters. The van der Waals surface area contributed by atoms with Gasteiger partial charge in [0.25, 0.3) is 11.7 Å². The van der Waals surface area contributed by atoms with Crippen LogP contribution in [0.5, 0.6) is 0 Å². The van der Waals surface area contributed by atoms with Gasteiger partial charge in [0.2, 0.25) is 0 Å². The van der Waals surface area contributed by atoms with Gasteiger partial charge in [-0.05, 0) is 57.3 Å². The lowest BCUT2D eigenvalue weighted by Gasteiger charge is -2.26. The van der Waals surface area contributed by atoms with Crippen molar-refractivity contribution in [3.63, 3.8) is 0 Å². The van der Waals surface area contributed by atoms with Gasteiger partial charge in [-0.1, -0.05) is 45.8 Å². The van der Waals surface area contributed by atoms with Crippen LogP contribution in [0.25, 0.3) is 5.76 Å². The van der Waals surface area contributed by atoms with Crippen LogP contribution in [0.1, 0.15) is 28.3 Å². The van der Waals surface area contributed by atoms with E-state index in [1.54, 1.807) is 4.90 Å². The lowest BCUT2D eigenvalue weighted by atomic mass is 9.93. The van der Waals surface area contributed by atoms with Crippen molar-refractivity contribution in [3.8, 4) is 0 Å². The van der Waals surface area contributed by atoms with Crippen molar-refractivity contribution in [1.82, 2.24) is 9.80 Å². The first kappa shape index (κ1) is 21.3. The van der Waals surface area contributed by atoms with Crippen LogP contribution in [0, 0.1) is 13.8 Å². The number of aliphatic hydroxyl groups is 1. The van der Waals surface area contributed by atoms with Gasteiger partial charge in [0.1, 0.15) is 5.76 Å². The Morgan fingerprint density at radius 1 is 1.14 bits per heavy atom. The molecule has 0 saturated carbocycles. The molecule has 1 fully saturated rings. The summed E-state index contributed by atoms with van der Waals surface area (Å²) in [5.74, 6) is -1.35. The number of rotatable bonds is 5. The first-order valence-corrected chi connectivity index (χ1v) is 10.3. The zero-order valence-corrected chi connectivity index (χ0v) is 18.7. The van der Waals surface area contributed by atoms with Crippen LogP contribution in [0.4, 0.5) is 0 Å². The van der Waals surface area contributed by atoms with E-state index in [4.69, 9.17) is 0 Å². The molecule has 29 heavy (non-hydrogen) atoms. The number of benzene rings is 2. The van der Waals surface area contributed by atoms with Crippen LogP contribution >= 0.6 is 15.9 Å². The number of ketones is 1. The summed E-state index contributed by atoms with van der Waals surface area (Å²) in [5, 5.41) is 11.2. The number of aliphatic hydroxyl groups excluding tert-OH is 1. The molecule has 1 saturated heterocycles. The number of carbonyl (C=O) groups is 2. The van der Waals surface area contributed by atoms with Crippen LogP contribution in [-0.2, 0) is 9.59 Å². The molecule has 152 valence electrons. The fourth-order valence-corrected chi connectivity index (χ4v) is 3.99. The van der Waals surface area contributed by atoms with Crippen LogP contribution in [-0.4, -0.2) is 53.8 Å². The van der Waals surface area contributed by atoms with Crippen molar-refractivity contribution in [3.05, 3.63) is 74.8 Å². The maximum absolute atomic E-state index is 13.0. The molecule has 1 N–H and O–H groups in total. The molecule has 1 aliphatic heterocycles. The molecule has 1 atom stereocenters. The average Bonchev–Trinajstić information content (AvgIpc) is 2.92. The summed E-state index contributed by atoms with van der Waals surface area (Å²) in [7, 11) is 3.83. The Morgan fingerprint density at radius 3 is 2.52 bits per heavy atom. The van der Waals surface area contributed by atoms with Crippen LogP contribution in [0.15, 0.2) is 52.5 Å². The van der Waals surface area contributed by atoms with E-state index in [0.717, 1.165) is 21.2 Å². The monoisotopic (exact) mass is 456 g/mol. The van der Waals surface area contributed by atoms with Crippen molar-refractivity contribution < 1.29 is 14.7 Å². The second-order valence-electron chi connectivity index (χ2n) is 7.67. The molecule has 0 spiro atoms. The molecule has 1 amide bonds. The van der Waals surface area contributed by atoms with E-state index < -0.39 is 17.7 Å². The fourth-order valence-electron chi connectivity index (χ4n) is 3.58. The minimum absolute atomic E-state index is 0.123. The third-order valence-corrected chi connectivity index (χ3v) is 5.63. The zero-order valence-electron chi connectivity index (χ0n) is 17.1. The molecule has 0 aliphatic carbocycles. The number of hydrogen-bond donors (Lipinski definition) is 1. The molecule has 1 heterocycles. The molecule has 0 aromatic heterocycles. The largest absolute Gasteiger partial charge is 0.507 e. The van der Waals surface area contributed by atoms with E-state index >= 15 is 0 Å². The number of likely N-dealkylation sites (tertiary alicyclic amines) is 1. The number of carbonyl (C=O) groups excluding carboxylic acids is 2. The highest BCUT2D eigenvalue weighted by Crippen LogP contribution is 2.40. The molecule has 3 rings (SSSR count). The Hall–Kier alpha value is -2.44. The summed E-state index contributed by atoms with van der Waals surface area (Å²) in [6, 6.07) is 12.6. The Balaban J connectivity index is 2.20. The predicted molar refractivity (Wildman–Crippen MR) is 118 cm³/mol. The minimum atomic E-state index is -0.646. The quantitative estimate of drug-likeness (QED) is 0.418. The maximum Gasteiger partial charge on any atom is 0.295 e. The first-order valence-electron chi connectivity index (χ1n) is 9.47. The predicted octanol–water partition coefficient (Wildman–Crippen LogP) is 4.05. The van der Waals surface area contributed by atoms with Gasteiger partial charge in [-0.15, -0.1) is 0 Å². The van der Waals surface area contributed by atoms with E-state index in [-0.39, 0.29) is 11.3 Å². The van der Waals surface area contributed by atoms with E-state index in [2.05, 4.69) is 15.9 Å². The number of hydrogen-bond acceptors (Lipinski definition) is 4. The maximum atomic E-state index is 13.0. The van der Waals surface area contributed by atoms with Crippen molar-refractivity contribution >= 4 is 33.4 Å². The number of Topliss-reactive ketones (excluding diaryl/α,β-unsaturated/α-hetero) is 1. The molecule has 2 aromatic carbocycles. The molecular weight excluding hydrogens is 432 g/mol. The summed E-state index contributed by atoms with van der Waals surface area (Å²) >= 11 is 3.47. The summed E-state index contributed by atoms with van der Waals surface area (Å²) < 4.78 is 0.847. The Bertz CT molecular complexity index is 997. The van der Waals surface area contributed by atoms with Crippen LogP contribution < -0.4 is 0 Å². The minimum Gasteiger partial charge on any atom is -0.507 e. The smallest absolute Gasteiger partial charge is 0.295 e. The van der Waals surface area contributed by atoms with Crippen molar-refractivity contribution in [2.45, 2.75) is 19.9 Å². The normalized spacial score (nSPS) is 18.7. The molecule has 0 radical (unpaired) electrons. The molecule has 0 bridgehead atoms. The molecule has 1 aliphatic rings. The second kappa shape index (κ2) is 8.51. The number of likely N-dealkylation sites (N-methyl/N-ethyl adjacent to an activating group) is 1. The fraction of sp³-hybridized carbons (Fsp3) is 0.304. The van der Waals surface area contributed by atoms with Gasteiger partial charge in [0.15, 0.2) is 0 Å². The van der Waals surface area contributed by atoms with Gasteiger partial charge in [-0.3, -0.25) is 9.59 Å². The number of aryl methyl sites for hydroxylation is 2. The second-order valence-corrected chi connectivity index (χ2v) is 8.58. The van der Waals surface area contributed by atoms with Crippen molar-refractivity contribution in [2.24, 2.45) is 0 Å². The van der Waals surface area contributed by atoms with E-state index in [1.165, 1.54) is 0 Å². The average molecular weight is 457 g/mol. The van der Waals surface area contributed by atoms with Gasteiger partial charge >= 0.3 is 0 Å². The number of nitrogens with zero attached hydrogens (tertiary/aromatic N) is 2. The summed E-state index contributed by atoms with van der Waals surface area (Å²) in [6.07, 6.45) is 0. The van der Waals surface area contributed by atoms with Gasteiger partial charge < -0.3 is 14.9 Å². The SMILES string of the molecule is Cc1ccc(C)c(C(O)=C2C(=O)C(=O)N(CCN(C)C)C2c2cccc(Br)c2)c1. The molecular formula is C23H25BrN2O3. The van der Waals surface area contributed by atoms with Crippen LogP contribution in [0.3, 0.4) is 0 Å². The Kier molecular flexibility index (Phi) is 6.24. The Morgan fingerprint density at radius 2 is 1.86 bits per heavy atom. The highest BCUT2D eigenvalue weighted by molar-refractivity contribution is 9.10. The zero-order chi connectivity index (χ0) is 21.3. The Labute approximate surface area is 179 Å². The third kappa shape index (κ3) is 4.28. The molecule has 5 nitrogen and oxygen atoms in total. The van der Waals surface area contributed by atoms with Crippen LogP contribution in [0.2, 0.25) is 0 Å². The third-order valence-electron chi connectivity index (χ3n) is 5.14. The van der Waals surface area contributed by atoms with Gasteiger partial charge in [-0.25, -0.2) is 0 Å². The molecule has 2 aromatic rings. The van der Waals surface area contributed by atoms with Crippen molar-refractivity contribution in [2.75, 3.05) is 27.2 Å². The number of halogens is 1. The summed E-state index contributed by atoms with van der Waals surface area (Å²) in [6.45, 7) is 4.81. The van der Waals surface area contributed by atoms with E-state index in [9.17, 15) is 14.7 Å². The topological polar surface area (TPSA) is 60.9 Å². The lowest BCUT2D eigenvalue weighted by molar-refractivity contribution is -0.140. The van der Waals surface area contributed by atoms with E-state index in [0.29, 0.717) is 18.7 Å². The van der Waals surface area contributed by atoms with E-state index in [1.807, 2.05) is 75.3 Å². The lowest BCUT2D eigenvalue weighted by Crippen LogP contribution is -2.35.